The van der Waals surface area contributed by atoms with Gasteiger partial charge in [-0.3, -0.25) is 9.69 Å². The maximum absolute atomic E-state index is 11.8. The van der Waals surface area contributed by atoms with Crippen molar-refractivity contribution < 1.29 is 18.7 Å². The number of nitrogens with zero attached hydrogens (tertiary/aromatic N) is 2. The smallest absolute Gasteiger partial charge is 0.349 e. The predicted molar refractivity (Wildman–Crippen MR) is 70.2 cm³/mol. The van der Waals surface area contributed by atoms with Crippen molar-refractivity contribution in [1.82, 2.24) is 0 Å². The number of nitriles is 1. The van der Waals surface area contributed by atoms with Crippen molar-refractivity contribution >= 4 is 23.1 Å². The third kappa shape index (κ3) is 2.21. The Morgan fingerprint density at radius 2 is 2.25 bits per heavy atom. The highest BCUT2D eigenvalue weighted by Gasteiger charge is 2.27. The molecule has 0 saturated heterocycles. The SMILES string of the molecule is CCOC(=O)/C(C#N)=C1/C=CN(C(C)=O)c2ccoc21. The number of fused-ring (bicyclic) bond motifs is 1. The summed E-state index contributed by atoms with van der Waals surface area (Å²) in [6.07, 6.45) is 4.38. The normalized spacial score (nSPS) is 15.3. The lowest BCUT2D eigenvalue weighted by atomic mass is 10.0. The summed E-state index contributed by atoms with van der Waals surface area (Å²) >= 11 is 0. The quantitative estimate of drug-likeness (QED) is 0.467. The Hall–Kier alpha value is -2.81. The Bertz CT molecular complexity index is 661. The van der Waals surface area contributed by atoms with E-state index in [2.05, 4.69) is 0 Å². The van der Waals surface area contributed by atoms with Crippen LogP contribution in [-0.4, -0.2) is 18.5 Å². The van der Waals surface area contributed by atoms with Gasteiger partial charge >= 0.3 is 5.97 Å². The van der Waals surface area contributed by atoms with Crippen LogP contribution in [-0.2, 0) is 14.3 Å². The van der Waals surface area contributed by atoms with Crippen LogP contribution in [0.25, 0.3) is 5.57 Å². The number of carbonyl (C=O) groups is 2. The molecule has 1 aliphatic rings. The lowest BCUT2D eigenvalue weighted by Crippen LogP contribution is -2.24. The summed E-state index contributed by atoms with van der Waals surface area (Å²) in [6.45, 7) is 3.24. The summed E-state index contributed by atoms with van der Waals surface area (Å²) in [5, 5.41) is 9.15. The van der Waals surface area contributed by atoms with Gasteiger partial charge in [-0.2, -0.15) is 5.26 Å². The molecule has 1 aromatic heterocycles. The van der Waals surface area contributed by atoms with E-state index in [1.54, 1.807) is 13.0 Å². The van der Waals surface area contributed by atoms with Crippen molar-refractivity contribution in [2.75, 3.05) is 11.5 Å². The number of amides is 1. The molecular formula is C14H12N2O4. The second-order valence-corrected chi connectivity index (χ2v) is 3.96. The van der Waals surface area contributed by atoms with Crippen LogP contribution in [0, 0.1) is 11.3 Å². The summed E-state index contributed by atoms with van der Waals surface area (Å²) in [4.78, 5) is 24.6. The minimum Gasteiger partial charge on any atom is -0.462 e. The first kappa shape index (κ1) is 13.6. The molecule has 0 fully saturated rings. The summed E-state index contributed by atoms with van der Waals surface area (Å²) in [7, 11) is 0. The Morgan fingerprint density at radius 1 is 1.50 bits per heavy atom. The highest BCUT2D eigenvalue weighted by atomic mass is 16.5. The molecule has 0 radical (unpaired) electrons. The summed E-state index contributed by atoms with van der Waals surface area (Å²) in [5.74, 6) is -0.613. The zero-order valence-electron chi connectivity index (χ0n) is 11.0. The number of hydrogen-bond acceptors (Lipinski definition) is 5. The van der Waals surface area contributed by atoms with Crippen LogP contribution in [0.2, 0.25) is 0 Å². The second-order valence-electron chi connectivity index (χ2n) is 3.96. The number of rotatable bonds is 2. The number of carbonyl (C=O) groups excluding carboxylic acids is 2. The fraction of sp³-hybridized carbons (Fsp3) is 0.214. The van der Waals surface area contributed by atoms with E-state index in [0.717, 1.165) is 0 Å². The molecule has 2 heterocycles. The molecule has 0 atom stereocenters. The molecule has 6 heteroatoms. The van der Waals surface area contributed by atoms with Crippen LogP contribution in [0.4, 0.5) is 5.69 Å². The number of allylic oxidation sites excluding steroid dienone is 2. The van der Waals surface area contributed by atoms with E-state index in [1.807, 2.05) is 6.07 Å². The largest absolute Gasteiger partial charge is 0.462 e. The predicted octanol–water partition coefficient (Wildman–Crippen LogP) is 2.00. The summed E-state index contributed by atoms with van der Waals surface area (Å²) in [6, 6.07) is 3.42. The van der Waals surface area contributed by atoms with Crippen molar-refractivity contribution in [2.24, 2.45) is 0 Å². The molecule has 0 aliphatic carbocycles. The zero-order valence-corrected chi connectivity index (χ0v) is 11.0. The maximum atomic E-state index is 11.8. The summed E-state index contributed by atoms with van der Waals surface area (Å²) < 4.78 is 10.1. The average molecular weight is 272 g/mol. The molecule has 0 saturated carbocycles. The molecule has 1 amide bonds. The van der Waals surface area contributed by atoms with Crippen LogP contribution < -0.4 is 4.90 Å². The van der Waals surface area contributed by atoms with Crippen molar-refractivity contribution in [2.45, 2.75) is 13.8 Å². The van der Waals surface area contributed by atoms with Crippen molar-refractivity contribution in [3.8, 4) is 6.07 Å². The summed E-state index contributed by atoms with van der Waals surface area (Å²) in [5.41, 5.74) is 0.651. The van der Waals surface area contributed by atoms with Gasteiger partial charge in [0.25, 0.3) is 0 Å². The van der Waals surface area contributed by atoms with E-state index in [-0.39, 0.29) is 18.1 Å². The van der Waals surface area contributed by atoms with E-state index in [0.29, 0.717) is 17.0 Å². The van der Waals surface area contributed by atoms with Gasteiger partial charge in [-0.25, -0.2) is 4.79 Å². The van der Waals surface area contributed by atoms with Gasteiger partial charge < -0.3 is 9.15 Å². The van der Waals surface area contributed by atoms with E-state index in [9.17, 15) is 9.59 Å². The monoisotopic (exact) mass is 272 g/mol. The minimum absolute atomic E-state index is 0.150. The van der Waals surface area contributed by atoms with Gasteiger partial charge in [0.15, 0.2) is 5.76 Å². The highest BCUT2D eigenvalue weighted by molar-refractivity contribution is 6.07. The van der Waals surface area contributed by atoms with Gasteiger partial charge in [-0.05, 0) is 13.0 Å². The minimum atomic E-state index is -0.715. The van der Waals surface area contributed by atoms with Gasteiger partial charge in [0.2, 0.25) is 5.91 Å². The third-order valence-corrected chi connectivity index (χ3v) is 2.74. The van der Waals surface area contributed by atoms with Crippen molar-refractivity contribution in [1.29, 1.82) is 5.26 Å². The number of ether oxygens (including phenoxy) is 1. The standard InChI is InChI=1S/C14H12N2O4/c1-3-19-14(18)11(8-15)10-4-6-16(9(2)17)12-5-7-20-13(10)12/h4-7H,3H2,1-2H3/b11-10-. The van der Waals surface area contributed by atoms with Gasteiger partial charge in [0.1, 0.15) is 11.6 Å². The Kier molecular flexibility index (Phi) is 3.71. The fourth-order valence-electron chi connectivity index (χ4n) is 1.89. The maximum Gasteiger partial charge on any atom is 0.349 e. The lowest BCUT2D eigenvalue weighted by molar-refractivity contribution is -0.137. The van der Waals surface area contributed by atoms with E-state index < -0.39 is 5.97 Å². The molecule has 6 nitrogen and oxygen atoms in total. The Morgan fingerprint density at radius 3 is 2.85 bits per heavy atom. The molecule has 0 N–H and O–H groups in total. The number of anilines is 1. The zero-order chi connectivity index (χ0) is 14.7. The molecule has 1 aromatic rings. The molecular weight excluding hydrogens is 260 g/mol. The van der Waals surface area contributed by atoms with Gasteiger partial charge in [0.05, 0.1) is 18.6 Å². The Labute approximate surface area is 115 Å². The Balaban J connectivity index is 2.56. The van der Waals surface area contributed by atoms with Crippen LogP contribution in [0.1, 0.15) is 19.6 Å². The molecule has 0 bridgehead atoms. The lowest BCUT2D eigenvalue weighted by Gasteiger charge is -2.20. The highest BCUT2D eigenvalue weighted by Crippen LogP contribution is 2.35. The van der Waals surface area contributed by atoms with E-state index in [1.165, 1.54) is 30.4 Å². The van der Waals surface area contributed by atoms with Crippen LogP contribution in [0.15, 0.2) is 34.6 Å². The fourth-order valence-corrected chi connectivity index (χ4v) is 1.89. The molecule has 1 aliphatic heterocycles. The van der Waals surface area contributed by atoms with E-state index >= 15 is 0 Å². The molecule has 0 unspecified atom stereocenters. The molecule has 0 spiro atoms. The number of esters is 1. The number of furan rings is 1. The molecule has 20 heavy (non-hydrogen) atoms. The second kappa shape index (κ2) is 5.45. The van der Waals surface area contributed by atoms with Gasteiger partial charge in [0, 0.05) is 24.8 Å². The molecule has 2 rings (SSSR count). The van der Waals surface area contributed by atoms with Crippen LogP contribution >= 0.6 is 0 Å². The van der Waals surface area contributed by atoms with Crippen LogP contribution in [0.5, 0.6) is 0 Å². The van der Waals surface area contributed by atoms with Gasteiger partial charge in [-0.15, -0.1) is 0 Å². The topological polar surface area (TPSA) is 83.5 Å². The average Bonchev–Trinajstić information content (AvgIpc) is 2.88. The molecule has 0 aromatic carbocycles. The van der Waals surface area contributed by atoms with Crippen molar-refractivity contribution in [3.63, 3.8) is 0 Å². The molecule has 102 valence electrons. The first-order valence-corrected chi connectivity index (χ1v) is 5.97. The van der Waals surface area contributed by atoms with Crippen LogP contribution in [0.3, 0.4) is 0 Å². The third-order valence-electron chi connectivity index (χ3n) is 2.74. The van der Waals surface area contributed by atoms with Crippen molar-refractivity contribution in [3.05, 3.63) is 35.9 Å². The first-order chi connectivity index (χ1) is 9.60. The first-order valence-electron chi connectivity index (χ1n) is 5.97. The van der Waals surface area contributed by atoms with Gasteiger partial charge in [-0.1, -0.05) is 0 Å². The van der Waals surface area contributed by atoms with E-state index in [4.69, 9.17) is 14.4 Å². The number of hydrogen-bond donors (Lipinski definition) is 0.